The van der Waals surface area contributed by atoms with Gasteiger partial charge in [0.15, 0.2) is 5.65 Å². The summed E-state index contributed by atoms with van der Waals surface area (Å²) >= 11 is 0. The van der Waals surface area contributed by atoms with Crippen LogP contribution in [0.3, 0.4) is 0 Å². The van der Waals surface area contributed by atoms with Gasteiger partial charge in [-0.3, -0.25) is 9.69 Å². The summed E-state index contributed by atoms with van der Waals surface area (Å²) in [6.07, 6.45) is 4.67. The molecule has 12 heteroatoms. The molecule has 0 spiro atoms. The molecule has 0 aliphatic carbocycles. The van der Waals surface area contributed by atoms with E-state index < -0.39 is 11.4 Å². The number of likely N-dealkylation sites (N-methyl/N-ethyl adjacent to an activating group) is 1. The van der Waals surface area contributed by atoms with Crippen LogP contribution < -0.4 is 10.5 Å². The van der Waals surface area contributed by atoms with Gasteiger partial charge in [-0.05, 0) is 64.1 Å². The minimum Gasteiger partial charge on any atom is -0.457 e. The second-order valence-electron chi connectivity index (χ2n) is 12.5. The van der Waals surface area contributed by atoms with Gasteiger partial charge in [0.25, 0.3) is 5.91 Å². The lowest BCUT2D eigenvalue weighted by Gasteiger charge is -2.42. The summed E-state index contributed by atoms with van der Waals surface area (Å²) in [5.74, 6) is 0.286. The summed E-state index contributed by atoms with van der Waals surface area (Å²) in [4.78, 5) is 28.7. The maximum absolute atomic E-state index is 15.6. The number of amides is 1. The molecule has 4 aromatic rings. The van der Waals surface area contributed by atoms with E-state index in [9.17, 15) is 10.1 Å². The Hall–Kier alpha value is -4.86. The number of rotatable bonds is 8. The van der Waals surface area contributed by atoms with Crippen molar-refractivity contribution in [2.24, 2.45) is 0 Å². The van der Waals surface area contributed by atoms with E-state index in [0.717, 1.165) is 39.0 Å². The van der Waals surface area contributed by atoms with Gasteiger partial charge < -0.3 is 20.3 Å². The number of carbonyl (C=O) groups excluding carboxylic acids is 1. The van der Waals surface area contributed by atoms with Crippen LogP contribution in [0.4, 0.5) is 10.2 Å². The van der Waals surface area contributed by atoms with Crippen LogP contribution in [0.25, 0.3) is 22.3 Å². The first-order chi connectivity index (χ1) is 22.1. The number of fused-ring (bicyclic) bond motifs is 1. The molecule has 1 amide bonds. The number of anilines is 1. The van der Waals surface area contributed by atoms with Crippen molar-refractivity contribution in [1.29, 1.82) is 5.26 Å². The Labute approximate surface area is 267 Å². The zero-order chi connectivity index (χ0) is 32.4. The normalized spacial score (nSPS) is 18.2. The Morgan fingerprint density at radius 2 is 1.87 bits per heavy atom. The molecule has 6 rings (SSSR count). The molecule has 2 aliphatic rings. The number of likely N-dealkylation sites (tertiary alicyclic amines) is 1. The maximum Gasteiger partial charge on any atom is 0.264 e. The highest BCUT2D eigenvalue weighted by atomic mass is 19.1. The van der Waals surface area contributed by atoms with Crippen molar-refractivity contribution in [2.75, 3.05) is 45.5 Å². The summed E-state index contributed by atoms with van der Waals surface area (Å²) in [6.45, 7) is 8.52. The number of para-hydroxylation sites is 1. The minimum absolute atomic E-state index is 0.133. The zero-order valence-corrected chi connectivity index (χ0v) is 26.4. The third-order valence-electron chi connectivity index (χ3n) is 8.92. The predicted octanol–water partition coefficient (Wildman–Crippen LogP) is 4.47. The van der Waals surface area contributed by atoms with Crippen molar-refractivity contribution in [3.05, 3.63) is 72.3 Å². The van der Waals surface area contributed by atoms with Crippen LogP contribution in [0.15, 0.2) is 66.5 Å². The number of halogens is 1. The first-order valence-electron chi connectivity index (χ1n) is 15.5. The number of aromatic nitrogens is 4. The largest absolute Gasteiger partial charge is 0.457 e. The molecule has 2 aromatic heterocycles. The van der Waals surface area contributed by atoms with Crippen molar-refractivity contribution in [3.63, 3.8) is 0 Å². The number of nitrogens with zero attached hydrogens (tertiary/aromatic N) is 8. The number of benzene rings is 2. The monoisotopic (exact) mass is 623 g/mol. The van der Waals surface area contributed by atoms with Gasteiger partial charge in [-0.15, -0.1) is 0 Å². The molecule has 2 N–H and O–H groups in total. The van der Waals surface area contributed by atoms with Crippen molar-refractivity contribution in [1.82, 2.24) is 34.4 Å². The van der Waals surface area contributed by atoms with Crippen molar-refractivity contribution >= 4 is 22.8 Å². The molecule has 11 nitrogen and oxygen atoms in total. The third kappa shape index (κ3) is 6.29. The number of hydrogen-bond donors (Lipinski definition) is 1. The van der Waals surface area contributed by atoms with E-state index in [0.29, 0.717) is 41.3 Å². The number of nitrogen functional groups attached to an aromatic ring is 1. The third-order valence-corrected chi connectivity index (χ3v) is 8.92. The standard InChI is InChI=1S/C34H38FN9O2/c1-34(2,42-16-14-41(3)15-17-42)19-23(20-36)33(45)43-13-7-8-24(43)21-44-32-29(31(37)38-22-39-32)30(40-44)27-12-11-26(18-28(27)35)46-25-9-5-4-6-10-25/h4-6,9-12,18-19,22,24H,7-8,13-17,21H2,1-3H3,(H2,37,38,39)/b23-19+/t24-/m0/s1. The first kappa shape index (κ1) is 31.1. The number of nitrogens with two attached hydrogens (primary N) is 1. The Bertz CT molecular complexity index is 1810. The predicted molar refractivity (Wildman–Crippen MR) is 173 cm³/mol. The van der Waals surface area contributed by atoms with Gasteiger partial charge >= 0.3 is 0 Å². The van der Waals surface area contributed by atoms with Crippen LogP contribution in [0.5, 0.6) is 11.5 Å². The van der Waals surface area contributed by atoms with E-state index in [1.165, 1.54) is 12.4 Å². The average molecular weight is 624 g/mol. The summed E-state index contributed by atoms with van der Waals surface area (Å²) in [6, 6.07) is 15.7. The average Bonchev–Trinajstić information content (AvgIpc) is 3.66. The molecule has 46 heavy (non-hydrogen) atoms. The molecule has 2 saturated heterocycles. The topological polar surface area (TPSA) is 129 Å². The summed E-state index contributed by atoms with van der Waals surface area (Å²) in [7, 11) is 2.10. The summed E-state index contributed by atoms with van der Waals surface area (Å²) in [5, 5.41) is 15.3. The van der Waals surface area contributed by atoms with Crippen LogP contribution in [-0.2, 0) is 11.3 Å². The molecule has 0 saturated carbocycles. The highest BCUT2D eigenvalue weighted by Crippen LogP contribution is 2.35. The van der Waals surface area contributed by atoms with Gasteiger partial charge in [-0.25, -0.2) is 19.0 Å². The van der Waals surface area contributed by atoms with Gasteiger partial charge in [-0.2, -0.15) is 10.4 Å². The highest BCUT2D eigenvalue weighted by molar-refractivity contribution is 5.99. The van der Waals surface area contributed by atoms with E-state index in [4.69, 9.17) is 15.6 Å². The molecule has 4 heterocycles. The van der Waals surface area contributed by atoms with Gasteiger partial charge in [0.2, 0.25) is 0 Å². The Balaban J connectivity index is 1.26. The van der Waals surface area contributed by atoms with Crippen LogP contribution in [-0.4, -0.2) is 91.7 Å². The highest BCUT2D eigenvalue weighted by Gasteiger charge is 2.35. The Morgan fingerprint density at radius 1 is 1.11 bits per heavy atom. The molecule has 0 unspecified atom stereocenters. The van der Waals surface area contributed by atoms with E-state index >= 15 is 4.39 Å². The molecular formula is C34H38FN9O2. The van der Waals surface area contributed by atoms with E-state index in [-0.39, 0.29) is 28.9 Å². The smallest absolute Gasteiger partial charge is 0.264 e. The van der Waals surface area contributed by atoms with E-state index in [2.05, 4.69) is 32.9 Å². The lowest BCUT2D eigenvalue weighted by Crippen LogP contribution is -2.53. The molecule has 2 aliphatic heterocycles. The fraction of sp³-hybridized carbons (Fsp3) is 0.382. The van der Waals surface area contributed by atoms with Crippen LogP contribution >= 0.6 is 0 Å². The van der Waals surface area contributed by atoms with E-state index in [1.54, 1.807) is 39.9 Å². The van der Waals surface area contributed by atoms with Gasteiger partial charge in [0.05, 0.1) is 18.0 Å². The molecular weight excluding hydrogens is 585 g/mol. The zero-order valence-electron chi connectivity index (χ0n) is 26.4. The Kier molecular flexibility index (Phi) is 8.71. The number of carbonyl (C=O) groups is 1. The van der Waals surface area contributed by atoms with Crippen LogP contribution in [0.1, 0.15) is 26.7 Å². The fourth-order valence-electron chi connectivity index (χ4n) is 6.34. The number of nitriles is 1. The van der Waals surface area contributed by atoms with Gasteiger partial charge in [0.1, 0.15) is 46.8 Å². The van der Waals surface area contributed by atoms with Crippen molar-refractivity contribution in [2.45, 2.75) is 44.8 Å². The molecule has 0 radical (unpaired) electrons. The second kappa shape index (κ2) is 12.9. The molecule has 0 bridgehead atoms. The molecule has 2 aromatic carbocycles. The maximum atomic E-state index is 15.6. The van der Waals surface area contributed by atoms with Crippen molar-refractivity contribution in [3.8, 4) is 28.8 Å². The quantitative estimate of drug-likeness (QED) is 0.223. The minimum atomic E-state index is -0.535. The first-order valence-corrected chi connectivity index (χ1v) is 15.5. The lowest BCUT2D eigenvalue weighted by atomic mass is 9.97. The van der Waals surface area contributed by atoms with Gasteiger partial charge in [0, 0.05) is 49.9 Å². The van der Waals surface area contributed by atoms with Crippen LogP contribution in [0.2, 0.25) is 0 Å². The molecule has 1 atom stereocenters. The number of piperazine rings is 1. The Morgan fingerprint density at radius 3 is 2.59 bits per heavy atom. The second-order valence-corrected chi connectivity index (χ2v) is 12.5. The van der Waals surface area contributed by atoms with Crippen molar-refractivity contribution < 1.29 is 13.9 Å². The SMILES string of the molecule is CN1CCN(C(C)(C)/C=C(\C#N)C(=O)N2CCC[C@H]2Cn2nc(-c3ccc(Oc4ccccc4)cc3F)c3c(N)ncnc32)CC1. The molecule has 238 valence electrons. The number of ether oxygens (including phenoxy) is 1. The lowest BCUT2D eigenvalue weighted by molar-refractivity contribution is -0.127. The summed E-state index contributed by atoms with van der Waals surface area (Å²) < 4.78 is 23.1. The summed E-state index contributed by atoms with van der Waals surface area (Å²) in [5.41, 5.74) is 6.95. The molecule has 2 fully saturated rings. The fourth-order valence-corrected chi connectivity index (χ4v) is 6.34. The van der Waals surface area contributed by atoms with Crippen LogP contribution in [0, 0.1) is 17.1 Å². The number of hydrogen-bond acceptors (Lipinski definition) is 9. The van der Waals surface area contributed by atoms with Gasteiger partial charge in [-0.1, -0.05) is 18.2 Å². The van der Waals surface area contributed by atoms with E-state index in [1.807, 2.05) is 32.0 Å².